The molecule has 2 aromatic rings. The molecule has 1 unspecified atom stereocenters. The highest BCUT2D eigenvalue weighted by Crippen LogP contribution is 2.51. The molecule has 6 nitrogen and oxygen atoms in total. The predicted octanol–water partition coefficient (Wildman–Crippen LogP) is 7.01. The Bertz CT molecular complexity index is 1280. The lowest BCUT2D eigenvalue weighted by molar-refractivity contribution is -0.138. The summed E-state index contributed by atoms with van der Waals surface area (Å²) in [5.74, 6) is -0.516. The van der Waals surface area contributed by atoms with Gasteiger partial charge in [-0.2, -0.15) is 18.4 Å². The van der Waals surface area contributed by atoms with Crippen molar-refractivity contribution in [2.45, 2.75) is 72.9 Å². The molecule has 1 heterocycles. The van der Waals surface area contributed by atoms with E-state index in [4.69, 9.17) is 10.00 Å². The molecule has 0 radical (unpaired) electrons. The van der Waals surface area contributed by atoms with Crippen LogP contribution in [0.1, 0.15) is 77.0 Å². The van der Waals surface area contributed by atoms with Crippen LogP contribution in [-0.2, 0) is 22.2 Å². The van der Waals surface area contributed by atoms with E-state index < -0.39 is 39.9 Å². The van der Waals surface area contributed by atoms with E-state index in [0.29, 0.717) is 11.8 Å². The van der Waals surface area contributed by atoms with E-state index in [1.807, 2.05) is 18.2 Å². The van der Waals surface area contributed by atoms with Crippen molar-refractivity contribution in [2.75, 3.05) is 31.1 Å². The number of alkyl halides is 3. The summed E-state index contributed by atoms with van der Waals surface area (Å²) in [6.07, 6.45) is -0.360. The van der Waals surface area contributed by atoms with Crippen molar-refractivity contribution in [2.24, 2.45) is 10.8 Å². The van der Waals surface area contributed by atoms with Gasteiger partial charge in [-0.1, -0.05) is 26.0 Å². The van der Waals surface area contributed by atoms with Gasteiger partial charge in [0.1, 0.15) is 5.75 Å². The summed E-state index contributed by atoms with van der Waals surface area (Å²) >= 11 is 0. The van der Waals surface area contributed by atoms with Gasteiger partial charge in [0.2, 0.25) is 11.8 Å². The highest BCUT2D eigenvalue weighted by Gasteiger charge is 2.62. The predicted molar refractivity (Wildman–Crippen MR) is 152 cm³/mol. The number of hydrogen-bond acceptors (Lipinski definition) is 5. The Balaban J connectivity index is 1.68. The molecule has 0 aromatic heterocycles. The van der Waals surface area contributed by atoms with Gasteiger partial charge in [0, 0.05) is 0 Å². The van der Waals surface area contributed by atoms with E-state index >= 15 is 0 Å². The Morgan fingerprint density at radius 3 is 2.37 bits per heavy atom. The molecule has 1 atom stereocenters. The number of amides is 2. The monoisotopic (exact) mass is 571 g/mol. The average molecular weight is 572 g/mol. The number of hydrogen-bond donors (Lipinski definition) is 0. The first-order chi connectivity index (χ1) is 19.3. The molecule has 9 heteroatoms. The number of aryl methyl sites for hydroxylation is 1. The molecule has 1 aliphatic heterocycles. The van der Waals surface area contributed by atoms with Crippen LogP contribution in [0.15, 0.2) is 42.5 Å². The van der Waals surface area contributed by atoms with Crippen LogP contribution < -0.4 is 9.64 Å². The fraction of sp³-hybridized carbons (Fsp3) is 0.531. The summed E-state index contributed by atoms with van der Waals surface area (Å²) in [6, 6.07) is 12.2. The van der Waals surface area contributed by atoms with Crippen LogP contribution in [0, 0.1) is 22.2 Å². The summed E-state index contributed by atoms with van der Waals surface area (Å²) in [6.45, 7) is 12.7. The molecule has 222 valence electrons. The third kappa shape index (κ3) is 6.92. The topological polar surface area (TPSA) is 73.6 Å². The molecule has 2 aromatic carbocycles. The van der Waals surface area contributed by atoms with E-state index in [2.05, 4.69) is 24.8 Å². The number of carbonyl (C=O) groups is 2. The van der Waals surface area contributed by atoms with Gasteiger partial charge in [-0.05, 0) is 108 Å². The van der Waals surface area contributed by atoms with Gasteiger partial charge in [-0.15, -0.1) is 0 Å². The lowest BCUT2D eigenvalue weighted by Crippen LogP contribution is -2.39. The van der Waals surface area contributed by atoms with Gasteiger partial charge in [-0.25, -0.2) is 4.90 Å². The first-order valence-electron chi connectivity index (χ1n) is 14.2. The van der Waals surface area contributed by atoms with Crippen molar-refractivity contribution in [3.63, 3.8) is 0 Å². The van der Waals surface area contributed by atoms with E-state index in [0.717, 1.165) is 61.8 Å². The number of anilines is 1. The molecule has 0 bridgehead atoms. The summed E-state index contributed by atoms with van der Waals surface area (Å²) in [4.78, 5) is 30.3. The lowest BCUT2D eigenvalue weighted by Gasteiger charge is -2.32. The maximum Gasteiger partial charge on any atom is 0.417 e. The maximum absolute atomic E-state index is 13.6. The second kappa shape index (κ2) is 13.1. The Hall–Kier alpha value is -3.38. The van der Waals surface area contributed by atoms with E-state index in [1.165, 1.54) is 12.1 Å². The Kier molecular flexibility index (Phi) is 10.2. The minimum Gasteiger partial charge on any atom is -0.494 e. The van der Waals surface area contributed by atoms with Crippen LogP contribution in [0.4, 0.5) is 18.9 Å². The van der Waals surface area contributed by atoms with Crippen molar-refractivity contribution >= 4 is 17.5 Å². The number of nitriles is 1. The van der Waals surface area contributed by atoms with Crippen LogP contribution in [-0.4, -0.2) is 43.0 Å². The fourth-order valence-electron chi connectivity index (χ4n) is 5.35. The van der Waals surface area contributed by atoms with Crippen molar-refractivity contribution in [3.05, 3.63) is 59.2 Å². The zero-order chi connectivity index (χ0) is 30.4. The standard InChI is InChI=1S/C32H40F3N3O3/c1-6-17-37(7-2)18-9-8-11-23-12-10-13-26(20-23)41-19-16-31(5)29(40)38(28(39)30(31,3)4)25-15-14-24(22-36)27(21-25)32(33,34)35/h10,12-15,20-21H,6-9,11,16-19H2,1-5H3. The molecular formula is C32H40F3N3O3. The van der Waals surface area contributed by atoms with Crippen molar-refractivity contribution in [1.82, 2.24) is 4.90 Å². The largest absolute Gasteiger partial charge is 0.494 e. The first kappa shape index (κ1) is 32.1. The summed E-state index contributed by atoms with van der Waals surface area (Å²) in [5, 5.41) is 9.10. The molecule has 41 heavy (non-hydrogen) atoms. The molecule has 0 saturated carbocycles. The SMILES string of the molecule is CCCN(CC)CCCCc1cccc(OCCC2(C)C(=O)N(c3ccc(C#N)c(C(F)(F)F)c3)C(=O)C2(C)C)c1. The molecule has 1 saturated heterocycles. The average Bonchev–Trinajstić information content (AvgIpc) is 3.06. The third-order valence-electron chi connectivity index (χ3n) is 8.43. The number of benzene rings is 2. The molecule has 0 aliphatic carbocycles. The van der Waals surface area contributed by atoms with Crippen LogP contribution in [0.3, 0.4) is 0 Å². The fourth-order valence-corrected chi connectivity index (χ4v) is 5.35. The molecular weight excluding hydrogens is 531 g/mol. The second-order valence-corrected chi connectivity index (χ2v) is 11.4. The highest BCUT2D eigenvalue weighted by molar-refractivity contribution is 6.25. The highest BCUT2D eigenvalue weighted by atomic mass is 19.4. The van der Waals surface area contributed by atoms with Crippen molar-refractivity contribution in [1.29, 1.82) is 5.26 Å². The van der Waals surface area contributed by atoms with Crippen LogP contribution in [0.2, 0.25) is 0 Å². The maximum atomic E-state index is 13.6. The third-order valence-corrected chi connectivity index (χ3v) is 8.43. The van der Waals surface area contributed by atoms with Gasteiger partial charge in [0.05, 0.1) is 40.3 Å². The molecule has 3 rings (SSSR count). The number of halogens is 3. The minimum absolute atomic E-state index is 0.153. The minimum atomic E-state index is -4.81. The zero-order valence-corrected chi connectivity index (χ0v) is 24.6. The van der Waals surface area contributed by atoms with Crippen LogP contribution in [0.25, 0.3) is 0 Å². The Labute approximate surface area is 241 Å². The number of rotatable bonds is 13. The van der Waals surface area contributed by atoms with E-state index in [-0.39, 0.29) is 18.7 Å². The summed E-state index contributed by atoms with van der Waals surface area (Å²) in [7, 11) is 0. The molecule has 1 aliphatic rings. The van der Waals surface area contributed by atoms with Crippen LogP contribution in [0.5, 0.6) is 5.75 Å². The van der Waals surface area contributed by atoms with Gasteiger partial charge >= 0.3 is 6.18 Å². The molecule has 2 amide bonds. The van der Waals surface area contributed by atoms with Gasteiger partial charge in [-0.3, -0.25) is 9.59 Å². The molecule has 0 N–H and O–H groups in total. The van der Waals surface area contributed by atoms with Crippen LogP contribution >= 0.6 is 0 Å². The van der Waals surface area contributed by atoms with E-state index in [9.17, 15) is 22.8 Å². The van der Waals surface area contributed by atoms with E-state index in [1.54, 1.807) is 20.8 Å². The quantitative estimate of drug-likeness (QED) is 0.191. The molecule has 0 spiro atoms. The summed E-state index contributed by atoms with van der Waals surface area (Å²) in [5.41, 5.74) is -3.20. The van der Waals surface area contributed by atoms with Gasteiger partial charge in [0.15, 0.2) is 0 Å². The first-order valence-corrected chi connectivity index (χ1v) is 14.2. The van der Waals surface area contributed by atoms with Gasteiger partial charge < -0.3 is 9.64 Å². The lowest BCUT2D eigenvalue weighted by atomic mass is 9.67. The summed E-state index contributed by atoms with van der Waals surface area (Å²) < 4.78 is 46.7. The van der Waals surface area contributed by atoms with Crippen molar-refractivity contribution in [3.8, 4) is 11.8 Å². The molecule has 1 fully saturated rings. The Morgan fingerprint density at radius 1 is 1.00 bits per heavy atom. The normalized spacial score (nSPS) is 18.7. The van der Waals surface area contributed by atoms with Gasteiger partial charge in [0.25, 0.3) is 0 Å². The number of nitrogens with zero attached hydrogens (tertiary/aromatic N) is 3. The smallest absolute Gasteiger partial charge is 0.417 e. The van der Waals surface area contributed by atoms with Crippen molar-refractivity contribution < 1.29 is 27.5 Å². The zero-order valence-electron chi connectivity index (χ0n) is 24.6. The Morgan fingerprint density at radius 2 is 1.73 bits per heavy atom. The second-order valence-electron chi connectivity index (χ2n) is 11.4. The number of unbranched alkanes of at least 4 members (excludes halogenated alkanes) is 1. The number of ether oxygens (including phenoxy) is 1. The number of imide groups is 1. The number of carbonyl (C=O) groups excluding carboxylic acids is 2.